The van der Waals surface area contributed by atoms with Crippen molar-refractivity contribution in [2.24, 2.45) is 5.92 Å². The van der Waals surface area contributed by atoms with Gasteiger partial charge in [-0.25, -0.2) is 0 Å². The molecule has 0 heterocycles. The van der Waals surface area contributed by atoms with Gasteiger partial charge in [-0.1, -0.05) is 80.1 Å². The van der Waals surface area contributed by atoms with Gasteiger partial charge < -0.3 is 9.84 Å². The van der Waals surface area contributed by atoms with Gasteiger partial charge in [-0.05, 0) is 91.2 Å². The zero-order valence-corrected chi connectivity index (χ0v) is 20.0. The van der Waals surface area contributed by atoms with Crippen molar-refractivity contribution >= 4 is 0 Å². The van der Waals surface area contributed by atoms with Crippen molar-refractivity contribution in [3.63, 3.8) is 0 Å². The van der Waals surface area contributed by atoms with Gasteiger partial charge in [-0.2, -0.15) is 0 Å². The quantitative estimate of drug-likeness (QED) is 0.344. The molecule has 2 heteroatoms. The van der Waals surface area contributed by atoms with Crippen LogP contribution < -0.4 is 4.74 Å². The Balaban J connectivity index is 1.31. The number of hydrogen-bond acceptors (Lipinski definition) is 2. The fourth-order valence-electron chi connectivity index (χ4n) is 5.27. The van der Waals surface area contributed by atoms with Gasteiger partial charge in [-0.3, -0.25) is 0 Å². The minimum atomic E-state index is -0.399. The number of aliphatic hydroxyl groups is 1. The number of ether oxygens (including phenoxy) is 1. The largest absolute Gasteiger partial charge is 0.489 e. The lowest BCUT2D eigenvalue weighted by Gasteiger charge is -2.29. The van der Waals surface area contributed by atoms with Gasteiger partial charge in [0.1, 0.15) is 12.4 Å². The number of aryl methyl sites for hydroxylation is 1. The number of aliphatic hydroxyl groups excluding tert-OH is 1. The van der Waals surface area contributed by atoms with Gasteiger partial charge in [0.25, 0.3) is 0 Å². The fraction of sp³-hybridized carbons (Fsp3) is 0.419. The first-order valence-corrected chi connectivity index (χ1v) is 12.8. The predicted molar refractivity (Wildman–Crippen MR) is 137 cm³/mol. The van der Waals surface area contributed by atoms with Crippen LogP contribution in [-0.4, -0.2) is 5.11 Å². The second kappa shape index (κ2) is 12.0. The van der Waals surface area contributed by atoms with E-state index in [9.17, 15) is 5.11 Å². The first kappa shape index (κ1) is 23.6. The minimum absolute atomic E-state index is 0.399. The Kier molecular flexibility index (Phi) is 8.60. The molecule has 2 nitrogen and oxygen atoms in total. The predicted octanol–water partition coefficient (Wildman–Crippen LogP) is 8.01. The standard InChI is InChI=1S/C31H38O2/c1-2-31(32)30-21-20-29(33-23-25-10-5-3-6-11-25)22-28(30)15-9-12-24-16-18-27(19-17-24)26-13-7-4-8-14-26/h3-8,10-11,13-14,20-22,24,27,31-32H,2,9,12,15-19,23H2,1H3. The van der Waals surface area contributed by atoms with E-state index in [2.05, 4.69) is 54.6 Å². The van der Waals surface area contributed by atoms with Crippen LogP contribution in [-0.2, 0) is 13.0 Å². The Morgan fingerprint density at radius 1 is 0.879 bits per heavy atom. The number of rotatable bonds is 10. The highest BCUT2D eigenvalue weighted by atomic mass is 16.5. The Morgan fingerprint density at radius 3 is 2.27 bits per heavy atom. The summed E-state index contributed by atoms with van der Waals surface area (Å²) in [6.07, 6.45) is 9.10. The lowest BCUT2D eigenvalue weighted by molar-refractivity contribution is 0.172. The SMILES string of the molecule is CCC(O)c1ccc(OCc2ccccc2)cc1CCCC1CCC(c2ccccc2)CC1. The van der Waals surface area contributed by atoms with Crippen LogP contribution in [0, 0.1) is 5.92 Å². The fourth-order valence-corrected chi connectivity index (χ4v) is 5.27. The normalized spacial score (nSPS) is 19.2. The van der Waals surface area contributed by atoms with Crippen LogP contribution in [0.25, 0.3) is 0 Å². The molecule has 1 atom stereocenters. The first-order chi connectivity index (χ1) is 16.2. The van der Waals surface area contributed by atoms with Crippen LogP contribution in [0.2, 0.25) is 0 Å². The van der Waals surface area contributed by atoms with E-state index in [4.69, 9.17) is 4.74 Å². The summed E-state index contributed by atoms with van der Waals surface area (Å²) < 4.78 is 6.07. The average Bonchev–Trinajstić information content (AvgIpc) is 2.88. The molecule has 3 aromatic rings. The molecule has 1 N–H and O–H groups in total. The van der Waals surface area contributed by atoms with Gasteiger partial charge >= 0.3 is 0 Å². The van der Waals surface area contributed by atoms with Crippen LogP contribution >= 0.6 is 0 Å². The van der Waals surface area contributed by atoms with Crippen molar-refractivity contribution in [3.8, 4) is 5.75 Å². The van der Waals surface area contributed by atoms with Crippen molar-refractivity contribution in [1.82, 2.24) is 0 Å². The van der Waals surface area contributed by atoms with Crippen LogP contribution in [0.4, 0.5) is 0 Å². The molecule has 1 aliphatic rings. The molecule has 1 fully saturated rings. The molecule has 4 rings (SSSR count). The van der Waals surface area contributed by atoms with Gasteiger partial charge in [0.2, 0.25) is 0 Å². The van der Waals surface area contributed by atoms with E-state index < -0.39 is 6.10 Å². The molecule has 174 valence electrons. The van der Waals surface area contributed by atoms with Gasteiger partial charge in [-0.15, -0.1) is 0 Å². The van der Waals surface area contributed by atoms with Crippen molar-refractivity contribution < 1.29 is 9.84 Å². The lowest BCUT2D eigenvalue weighted by Crippen LogP contribution is -2.13. The molecule has 0 saturated heterocycles. The Hall–Kier alpha value is -2.58. The van der Waals surface area contributed by atoms with Crippen molar-refractivity contribution in [1.29, 1.82) is 0 Å². The first-order valence-electron chi connectivity index (χ1n) is 12.8. The maximum Gasteiger partial charge on any atom is 0.120 e. The third kappa shape index (κ3) is 6.71. The Labute approximate surface area is 199 Å². The topological polar surface area (TPSA) is 29.5 Å². The zero-order valence-electron chi connectivity index (χ0n) is 20.0. The second-order valence-corrected chi connectivity index (χ2v) is 9.58. The summed E-state index contributed by atoms with van der Waals surface area (Å²) in [5.74, 6) is 2.47. The van der Waals surface area contributed by atoms with Crippen LogP contribution in [0.15, 0.2) is 78.9 Å². The van der Waals surface area contributed by atoms with Crippen molar-refractivity contribution in [3.05, 3.63) is 101 Å². The summed E-state index contributed by atoms with van der Waals surface area (Å²) in [6, 6.07) is 27.5. The van der Waals surface area contributed by atoms with E-state index in [-0.39, 0.29) is 0 Å². The van der Waals surface area contributed by atoms with E-state index in [1.165, 1.54) is 55.2 Å². The molecule has 0 aliphatic heterocycles. The molecular formula is C31H38O2. The molecule has 0 radical (unpaired) electrons. The van der Waals surface area contributed by atoms with Gasteiger partial charge in [0.15, 0.2) is 0 Å². The van der Waals surface area contributed by atoms with Crippen LogP contribution in [0.5, 0.6) is 5.75 Å². The summed E-state index contributed by atoms with van der Waals surface area (Å²) in [6.45, 7) is 2.61. The molecule has 0 spiro atoms. The summed E-state index contributed by atoms with van der Waals surface area (Å²) in [5.41, 5.74) is 4.99. The third-order valence-electron chi connectivity index (χ3n) is 7.28. The van der Waals surface area contributed by atoms with Gasteiger partial charge in [0.05, 0.1) is 6.10 Å². The van der Waals surface area contributed by atoms with E-state index in [1.807, 2.05) is 31.2 Å². The maximum absolute atomic E-state index is 10.6. The monoisotopic (exact) mass is 442 g/mol. The summed E-state index contributed by atoms with van der Waals surface area (Å²) >= 11 is 0. The van der Waals surface area contributed by atoms with Crippen LogP contribution in [0.1, 0.15) is 86.1 Å². The molecule has 0 bridgehead atoms. The third-order valence-corrected chi connectivity index (χ3v) is 7.28. The highest BCUT2D eigenvalue weighted by Crippen LogP contribution is 2.38. The maximum atomic E-state index is 10.6. The van der Waals surface area contributed by atoms with E-state index in [0.717, 1.165) is 36.0 Å². The molecule has 0 amide bonds. The second-order valence-electron chi connectivity index (χ2n) is 9.58. The highest BCUT2D eigenvalue weighted by molar-refractivity contribution is 5.37. The minimum Gasteiger partial charge on any atom is -0.489 e. The summed E-state index contributed by atoms with van der Waals surface area (Å²) in [4.78, 5) is 0. The summed E-state index contributed by atoms with van der Waals surface area (Å²) in [7, 11) is 0. The van der Waals surface area contributed by atoms with E-state index in [0.29, 0.717) is 6.61 Å². The van der Waals surface area contributed by atoms with Crippen molar-refractivity contribution in [2.75, 3.05) is 0 Å². The number of hydrogen-bond donors (Lipinski definition) is 1. The molecule has 0 aromatic heterocycles. The van der Waals surface area contributed by atoms with Crippen LogP contribution in [0.3, 0.4) is 0 Å². The van der Waals surface area contributed by atoms with E-state index >= 15 is 0 Å². The molecule has 33 heavy (non-hydrogen) atoms. The molecule has 1 saturated carbocycles. The molecule has 3 aromatic carbocycles. The molecule has 1 aliphatic carbocycles. The molecular weight excluding hydrogens is 404 g/mol. The number of benzene rings is 3. The Morgan fingerprint density at radius 2 is 1.58 bits per heavy atom. The highest BCUT2D eigenvalue weighted by Gasteiger charge is 2.22. The summed E-state index contributed by atoms with van der Waals surface area (Å²) in [5, 5.41) is 10.6. The smallest absolute Gasteiger partial charge is 0.120 e. The molecule has 1 unspecified atom stereocenters. The van der Waals surface area contributed by atoms with Crippen molar-refractivity contribution in [2.45, 2.75) is 76.9 Å². The van der Waals surface area contributed by atoms with E-state index in [1.54, 1.807) is 0 Å². The lowest BCUT2D eigenvalue weighted by atomic mass is 9.77. The van der Waals surface area contributed by atoms with Gasteiger partial charge in [0, 0.05) is 0 Å². The zero-order chi connectivity index (χ0) is 22.9. The Bertz CT molecular complexity index is 959. The average molecular weight is 443 g/mol.